The molecular weight excluding hydrogens is 614 g/mol. The monoisotopic (exact) mass is 657 g/mol. The zero-order chi connectivity index (χ0) is 33.0. The van der Waals surface area contributed by atoms with Gasteiger partial charge in [0.1, 0.15) is 0 Å². The van der Waals surface area contributed by atoms with Gasteiger partial charge in [0.15, 0.2) is 5.82 Å². The summed E-state index contributed by atoms with van der Waals surface area (Å²) in [6.07, 6.45) is 0. The fraction of sp³-hybridized carbons (Fsp3) is 0.500. The molecule has 2 N–H and O–H groups in total. The third-order valence-corrected chi connectivity index (χ3v) is 9.29. The van der Waals surface area contributed by atoms with Crippen molar-refractivity contribution in [3.05, 3.63) is 54.1 Å². The molecule has 3 aromatic rings. The van der Waals surface area contributed by atoms with Gasteiger partial charge >= 0.3 is 6.03 Å². The molecule has 0 spiro atoms. The summed E-state index contributed by atoms with van der Waals surface area (Å²) in [6, 6.07) is 14.6. The van der Waals surface area contributed by atoms with E-state index in [-0.39, 0.29) is 24.0 Å². The molecule has 2 bridgehead atoms. The van der Waals surface area contributed by atoms with E-state index in [9.17, 15) is 9.59 Å². The van der Waals surface area contributed by atoms with Gasteiger partial charge in [0.25, 0.3) is 5.91 Å². The molecule has 4 aliphatic rings. The predicted molar refractivity (Wildman–Crippen MR) is 182 cm³/mol. The molecule has 4 fully saturated rings. The summed E-state index contributed by atoms with van der Waals surface area (Å²) in [5.74, 6) is 1.80. The predicted octanol–water partition coefficient (Wildman–Crippen LogP) is 2.79. The fourth-order valence-electron chi connectivity index (χ4n) is 6.54. The van der Waals surface area contributed by atoms with Crippen molar-refractivity contribution in [1.29, 1.82) is 0 Å². The normalized spacial score (nSPS) is 21.7. The number of rotatable bonds is 7. The molecule has 4 saturated heterocycles. The van der Waals surface area contributed by atoms with Crippen molar-refractivity contribution in [2.75, 3.05) is 99.3 Å². The third-order valence-electron chi connectivity index (χ3n) is 9.29. The number of nitrogens with zero attached hydrogens (tertiary/aromatic N) is 7. The molecule has 0 unspecified atom stereocenters. The van der Waals surface area contributed by atoms with Gasteiger partial charge in [-0.3, -0.25) is 9.69 Å². The minimum absolute atomic E-state index is 0.0127. The van der Waals surface area contributed by atoms with Crippen molar-refractivity contribution in [2.45, 2.75) is 32.0 Å². The van der Waals surface area contributed by atoms with Gasteiger partial charge in [0.05, 0.1) is 51.7 Å². The number of hydrogen-bond donors (Lipinski definition) is 2. The van der Waals surface area contributed by atoms with Crippen molar-refractivity contribution >= 4 is 35.2 Å². The van der Waals surface area contributed by atoms with Crippen molar-refractivity contribution in [3.8, 4) is 11.4 Å². The van der Waals surface area contributed by atoms with Gasteiger partial charge in [-0.05, 0) is 62.4 Å². The highest BCUT2D eigenvalue weighted by molar-refractivity contribution is 6.00. The molecule has 14 nitrogen and oxygen atoms in total. The number of piperazine rings is 1. The molecule has 0 aliphatic carbocycles. The van der Waals surface area contributed by atoms with E-state index in [4.69, 9.17) is 29.2 Å². The van der Waals surface area contributed by atoms with Crippen LogP contribution in [0.15, 0.2) is 48.5 Å². The highest BCUT2D eigenvalue weighted by Crippen LogP contribution is 2.29. The Morgan fingerprint density at radius 2 is 1.27 bits per heavy atom. The Morgan fingerprint density at radius 1 is 0.708 bits per heavy atom. The van der Waals surface area contributed by atoms with E-state index in [2.05, 4.69) is 39.2 Å². The number of hydrogen-bond acceptors (Lipinski definition) is 11. The van der Waals surface area contributed by atoms with Crippen LogP contribution in [-0.4, -0.2) is 134 Å². The first-order valence-electron chi connectivity index (χ1n) is 16.8. The second kappa shape index (κ2) is 14.4. The molecule has 0 saturated carbocycles. The molecule has 0 radical (unpaired) electrons. The summed E-state index contributed by atoms with van der Waals surface area (Å²) in [6.45, 7) is 12.4. The molecule has 4 aliphatic heterocycles. The summed E-state index contributed by atoms with van der Waals surface area (Å²) in [7, 11) is 0. The van der Waals surface area contributed by atoms with E-state index in [1.165, 1.54) is 0 Å². The summed E-state index contributed by atoms with van der Waals surface area (Å²) < 4.78 is 17.2. The Morgan fingerprint density at radius 3 is 1.85 bits per heavy atom. The van der Waals surface area contributed by atoms with Gasteiger partial charge in [-0.2, -0.15) is 15.0 Å². The summed E-state index contributed by atoms with van der Waals surface area (Å²) >= 11 is 0. The van der Waals surface area contributed by atoms with Crippen LogP contribution in [0.4, 0.5) is 28.1 Å². The van der Waals surface area contributed by atoms with Crippen LogP contribution in [-0.2, 0) is 14.2 Å². The number of anilines is 4. The zero-order valence-corrected chi connectivity index (χ0v) is 27.5. The second-order valence-corrected chi connectivity index (χ2v) is 12.8. The maximum atomic E-state index is 13.0. The second-order valence-electron chi connectivity index (χ2n) is 12.8. The highest BCUT2D eigenvalue weighted by Gasteiger charge is 2.38. The minimum Gasteiger partial charge on any atom is -0.378 e. The quantitative estimate of drug-likeness (QED) is 0.388. The topological polar surface area (TPSA) is 138 Å². The van der Waals surface area contributed by atoms with Crippen LogP contribution in [0, 0.1) is 0 Å². The number of amides is 3. The number of benzene rings is 2. The van der Waals surface area contributed by atoms with Crippen LogP contribution < -0.4 is 20.4 Å². The number of urea groups is 1. The SMILES string of the molecule is CC(C)N1CCN(C(=O)c2ccc(NC(=O)Nc3ccc(-c4nc(N5CCOCC5)nc(N5C6COCC5COC6)n4)cc3)cc2)CC1. The Hall–Kier alpha value is -4.37. The fourth-order valence-corrected chi connectivity index (χ4v) is 6.54. The molecule has 2 aromatic carbocycles. The standard InChI is InChI=1S/C34H43N9O5/c1-23(2)40-11-13-41(14-12-40)31(44)25-5-9-27(10-6-25)36-34(45)35-26-7-3-24(4-8-26)30-37-32(42-15-17-46-18-16-42)39-33(38-30)43-28-19-47-21-29(43)22-48-20-28/h3-10,23,28-29H,11-22H2,1-2H3,(H2,35,36,45). The maximum absolute atomic E-state index is 13.0. The molecule has 0 atom stereocenters. The summed E-state index contributed by atoms with van der Waals surface area (Å²) in [5.41, 5.74) is 2.63. The highest BCUT2D eigenvalue weighted by atomic mass is 16.5. The average Bonchev–Trinajstić information content (AvgIpc) is 3.12. The van der Waals surface area contributed by atoms with Gasteiger partial charge in [0, 0.05) is 67.8 Å². The zero-order valence-electron chi connectivity index (χ0n) is 27.5. The van der Waals surface area contributed by atoms with Gasteiger partial charge in [-0.25, -0.2) is 4.79 Å². The number of carbonyl (C=O) groups is 2. The molecule has 1 aromatic heterocycles. The maximum Gasteiger partial charge on any atom is 0.323 e. The number of ether oxygens (including phenoxy) is 3. The number of aromatic nitrogens is 3. The van der Waals surface area contributed by atoms with Crippen LogP contribution in [0.1, 0.15) is 24.2 Å². The van der Waals surface area contributed by atoms with E-state index in [0.717, 1.165) is 18.7 Å². The van der Waals surface area contributed by atoms with Crippen LogP contribution >= 0.6 is 0 Å². The molecule has 5 heterocycles. The van der Waals surface area contributed by atoms with E-state index in [1.54, 1.807) is 24.3 Å². The lowest BCUT2D eigenvalue weighted by Gasteiger charge is -2.45. The average molecular weight is 658 g/mol. The van der Waals surface area contributed by atoms with E-state index in [1.807, 2.05) is 29.2 Å². The Bertz CT molecular complexity index is 1550. The lowest BCUT2D eigenvalue weighted by atomic mass is 10.1. The van der Waals surface area contributed by atoms with Crippen LogP contribution in [0.25, 0.3) is 11.4 Å². The first-order chi connectivity index (χ1) is 23.4. The van der Waals surface area contributed by atoms with E-state index in [0.29, 0.717) is 107 Å². The summed E-state index contributed by atoms with van der Waals surface area (Å²) in [5, 5.41) is 5.73. The third kappa shape index (κ3) is 7.21. The lowest BCUT2D eigenvalue weighted by molar-refractivity contribution is -0.0355. The molecule has 48 heavy (non-hydrogen) atoms. The van der Waals surface area contributed by atoms with Crippen molar-refractivity contribution in [1.82, 2.24) is 24.8 Å². The van der Waals surface area contributed by atoms with Crippen LogP contribution in [0.3, 0.4) is 0 Å². The summed E-state index contributed by atoms with van der Waals surface area (Å²) in [4.78, 5) is 49.1. The van der Waals surface area contributed by atoms with Crippen LogP contribution in [0.5, 0.6) is 0 Å². The first-order valence-corrected chi connectivity index (χ1v) is 16.8. The number of fused-ring (bicyclic) bond motifs is 2. The largest absolute Gasteiger partial charge is 0.378 e. The minimum atomic E-state index is -0.384. The molecular formula is C34H43N9O5. The first kappa shape index (κ1) is 32.2. The molecule has 3 amide bonds. The Balaban J connectivity index is 1.00. The van der Waals surface area contributed by atoms with Gasteiger partial charge in [-0.1, -0.05) is 0 Å². The smallest absolute Gasteiger partial charge is 0.323 e. The van der Waals surface area contributed by atoms with Crippen molar-refractivity contribution < 1.29 is 23.8 Å². The lowest BCUT2D eigenvalue weighted by Crippen LogP contribution is -2.60. The molecule has 7 rings (SSSR count). The Labute approximate surface area is 280 Å². The van der Waals surface area contributed by atoms with E-state index >= 15 is 0 Å². The number of nitrogens with one attached hydrogen (secondary N) is 2. The van der Waals surface area contributed by atoms with Crippen molar-refractivity contribution in [2.24, 2.45) is 0 Å². The van der Waals surface area contributed by atoms with Gasteiger partial charge in [0.2, 0.25) is 11.9 Å². The number of morpholine rings is 3. The van der Waals surface area contributed by atoms with Gasteiger partial charge in [-0.15, -0.1) is 0 Å². The van der Waals surface area contributed by atoms with Crippen molar-refractivity contribution in [3.63, 3.8) is 0 Å². The van der Waals surface area contributed by atoms with E-state index < -0.39 is 0 Å². The van der Waals surface area contributed by atoms with Gasteiger partial charge < -0.3 is 39.5 Å². The number of carbonyl (C=O) groups excluding carboxylic acids is 2. The Kier molecular flexibility index (Phi) is 9.66. The molecule has 14 heteroatoms. The van der Waals surface area contributed by atoms with Crippen LogP contribution in [0.2, 0.25) is 0 Å². The molecule has 254 valence electrons.